The van der Waals surface area contributed by atoms with Gasteiger partial charge in [0.05, 0.1) is 6.61 Å². The highest BCUT2D eigenvalue weighted by molar-refractivity contribution is 5.87. The highest BCUT2D eigenvalue weighted by Gasteiger charge is 2.17. The number of nitrogens with one attached hydrogen (secondary N) is 1. The third-order valence-corrected chi connectivity index (χ3v) is 4.78. The molecule has 0 spiro atoms. The Kier molecular flexibility index (Phi) is 5.60. The van der Waals surface area contributed by atoms with Crippen LogP contribution in [-0.2, 0) is 13.2 Å². The Bertz CT molecular complexity index is 886. The highest BCUT2D eigenvalue weighted by atomic mass is 16.5. The SMILES string of the molecule is Cc1ccccc1COc1ccc2ccccc2c1CNC(C)(C)CO. The van der Waals surface area contributed by atoms with Crippen molar-refractivity contribution in [3.05, 3.63) is 77.4 Å². The first-order valence-corrected chi connectivity index (χ1v) is 9.04. The smallest absolute Gasteiger partial charge is 0.124 e. The van der Waals surface area contributed by atoms with E-state index in [1.54, 1.807) is 0 Å². The molecular weight excluding hydrogens is 322 g/mol. The Balaban J connectivity index is 1.91. The number of rotatable bonds is 7. The normalized spacial score (nSPS) is 11.7. The molecule has 0 radical (unpaired) electrons. The minimum atomic E-state index is -0.343. The molecule has 0 fully saturated rings. The molecule has 0 aliphatic carbocycles. The zero-order valence-corrected chi connectivity index (χ0v) is 15.8. The Morgan fingerprint density at radius 2 is 1.69 bits per heavy atom. The minimum Gasteiger partial charge on any atom is -0.489 e. The molecule has 0 heterocycles. The van der Waals surface area contributed by atoms with Crippen LogP contribution in [0.25, 0.3) is 10.8 Å². The van der Waals surface area contributed by atoms with Crippen LogP contribution >= 0.6 is 0 Å². The fourth-order valence-electron chi connectivity index (χ4n) is 2.94. The molecule has 0 atom stereocenters. The molecule has 0 aliphatic heterocycles. The molecule has 3 nitrogen and oxygen atoms in total. The summed E-state index contributed by atoms with van der Waals surface area (Å²) in [5.41, 5.74) is 3.20. The van der Waals surface area contributed by atoms with Gasteiger partial charge in [-0.05, 0) is 48.7 Å². The van der Waals surface area contributed by atoms with Crippen LogP contribution < -0.4 is 10.1 Å². The van der Waals surface area contributed by atoms with Crippen molar-refractivity contribution in [1.82, 2.24) is 5.32 Å². The maximum absolute atomic E-state index is 9.54. The second kappa shape index (κ2) is 7.90. The van der Waals surface area contributed by atoms with Gasteiger partial charge >= 0.3 is 0 Å². The lowest BCUT2D eigenvalue weighted by molar-refractivity contribution is 0.187. The average Bonchev–Trinajstić information content (AvgIpc) is 2.66. The number of ether oxygens (including phenoxy) is 1. The van der Waals surface area contributed by atoms with E-state index in [9.17, 15) is 5.11 Å². The molecule has 136 valence electrons. The maximum atomic E-state index is 9.54. The molecule has 0 aromatic heterocycles. The Labute approximate surface area is 155 Å². The van der Waals surface area contributed by atoms with Gasteiger partial charge in [-0.15, -0.1) is 0 Å². The van der Waals surface area contributed by atoms with Crippen molar-refractivity contribution in [2.45, 2.75) is 39.5 Å². The molecule has 0 bridgehead atoms. The van der Waals surface area contributed by atoms with Crippen LogP contribution in [0.2, 0.25) is 0 Å². The van der Waals surface area contributed by atoms with Crippen molar-refractivity contribution in [1.29, 1.82) is 0 Å². The first-order valence-electron chi connectivity index (χ1n) is 9.04. The molecule has 3 heteroatoms. The maximum Gasteiger partial charge on any atom is 0.124 e. The minimum absolute atomic E-state index is 0.0805. The summed E-state index contributed by atoms with van der Waals surface area (Å²) >= 11 is 0. The predicted molar refractivity (Wildman–Crippen MR) is 107 cm³/mol. The first kappa shape index (κ1) is 18.4. The Morgan fingerprint density at radius 3 is 2.46 bits per heavy atom. The van der Waals surface area contributed by atoms with E-state index in [-0.39, 0.29) is 12.1 Å². The third kappa shape index (κ3) is 4.24. The lowest BCUT2D eigenvalue weighted by Gasteiger charge is -2.25. The zero-order valence-electron chi connectivity index (χ0n) is 15.8. The second-order valence-electron chi connectivity index (χ2n) is 7.37. The lowest BCUT2D eigenvalue weighted by atomic mass is 10.0. The summed E-state index contributed by atoms with van der Waals surface area (Å²) in [6, 6.07) is 20.8. The van der Waals surface area contributed by atoms with Crippen LogP contribution in [0.15, 0.2) is 60.7 Å². The third-order valence-electron chi connectivity index (χ3n) is 4.78. The van der Waals surface area contributed by atoms with Crippen LogP contribution in [0.4, 0.5) is 0 Å². The number of aliphatic hydroxyl groups is 1. The lowest BCUT2D eigenvalue weighted by Crippen LogP contribution is -2.42. The second-order valence-corrected chi connectivity index (χ2v) is 7.37. The first-order chi connectivity index (χ1) is 12.5. The van der Waals surface area contributed by atoms with Crippen molar-refractivity contribution in [3.8, 4) is 5.75 Å². The molecule has 26 heavy (non-hydrogen) atoms. The average molecular weight is 349 g/mol. The summed E-state index contributed by atoms with van der Waals surface area (Å²) in [6.45, 7) is 7.35. The van der Waals surface area contributed by atoms with E-state index < -0.39 is 0 Å². The van der Waals surface area contributed by atoms with Crippen molar-refractivity contribution in [2.24, 2.45) is 0 Å². The van der Waals surface area contributed by atoms with Crippen LogP contribution in [0, 0.1) is 6.92 Å². The van der Waals surface area contributed by atoms with Crippen LogP contribution in [0.5, 0.6) is 5.75 Å². The molecule has 0 amide bonds. The van der Waals surface area contributed by atoms with Crippen molar-refractivity contribution in [2.75, 3.05) is 6.61 Å². The van der Waals surface area contributed by atoms with Gasteiger partial charge in [0.25, 0.3) is 0 Å². The topological polar surface area (TPSA) is 41.5 Å². The van der Waals surface area contributed by atoms with Crippen LogP contribution in [-0.4, -0.2) is 17.3 Å². The molecule has 3 rings (SSSR count). The van der Waals surface area contributed by atoms with Gasteiger partial charge in [-0.2, -0.15) is 0 Å². The van der Waals surface area contributed by atoms with Gasteiger partial charge in [0.2, 0.25) is 0 Å². The largest absolute Gasteiger partial charge is 0.489 e. The predicted octanol–water partition coefficient (Wildman–Crippen LogP) is 4.59. The molecule has 0 aliphatic rings. The fourth-order valence-corrected chi connectivity index (χ4v) is 2.94. The molecule has 3 aromatic carbocycles. The number of hydrogen-bond acceptors (Lipinski definition) is 3. The van der Waals surface area contributed by atoms with Gasteiger partial charge in [-0.3, -0.25) is 0 Å². The van der Waals surface area contributed by atoms with Gasteiger partial charge in [0.15, 0.2) is 0 Å². The van der Waals surface area contributed by atoms with E-state index in [2.05, 4.69) is 42.6 Å². The number of benzene rings is 3. The van der Waals surface area contributed by atoms with E-state index in [1.165, 1.54) is 21.9 Å². The van der Waals surface area contributed by atoms with Gasteiger partial charge in [-0.25, -0.2) is 0 Å². The van der Waals surface area contributed by atoms with Crippen molar-refractivity contribution < 1.29 is 9.84 Å². The van der Waals surface area contributed by atoms with E-state index in [1.807, 2.05) is 44.2 Å². The summed E-state index contributed by atoms with van der Waals surface area (Å²) in [5, 5.41) is 15.3. The van der Waals surface area contributed by atoms with Crippen LogP contribution in [0.1, 0.15) is 30.5 Å². The molecule has 2 N–H and O–H groups in total. The van der Waals surface area contributed by atoms with Crippen molar-refractivity contribution in [3.63, 3.8) is 0 Å². The summed E-state index contributed by atoms with van der Waals surface area (Å²) < 4.78 is 6.21. The Morgan fingerprint density at radius 1 is 0.962 bits per heavy atom. The van der Waals surface area contributed by atoms with Gasteiger partial charge in [0.1, 0.15) is 12.4 Å². The van der Waals surface area contributed by atoms with E-state index >= 15 is 0 Å². The van der Waals surface area contributed by atoms with Crippen molar-refractivity contribution >= 4 is 10.8 Å². The van der Waals surface area contributed by atoms with E-state index in [4.69, 9.17) is 4.74 Å². The van der Waals surface area contributed by atoms with E-state index in [0.29, 0.717) is 13.2 Å². The van der Waals surface area contributed by atoms with Gasteiger partial charge < -0.3 is 15.2 Å². The molecule has 0 saturated carbocycles. The standard InChI is InChI=1S/C23H27NO2/c1-17-8-4-5-10-19(17)15-26-22-13-12-18-9-6-7-11-20(18)21(22)14-24-23(2,3)16-25/h4-13,24-25H,14-16H2,1-3H3. The Hall–Kier alpha value is -2.36. The number of aliphatic hydroxyl groups excluding tert-OH is 1. The molecular formula is C23H27NO2. The zero-order chi connectivity index (χ0) is 18.6. The quantitative estimate of drug-likeness (QED) is 0.656. The summed E-state index contributed by atoms with van der Waals surface area (Å²) in [4.78, 5) is 0. The summed E-state index contributed by atoms with van der Waals surface area (Å²) in [5.74, 6) is 0.883. The highest BCUT2D eigenvalue weighted by Crippen LogP contribution is 2.29. The molecule has 0 saturated heterocycles. The molecule has 0 unspecified atom stereocenters. The number of fused-ring (bicyclic) bond motifs is 1. The van der Waals surface area contributed by atoms with Gasteiger partial charge in [0, 0.05) is 17.6 Å². The number of hydrogen-bond donors (Lipinski definition) is 2. The molecule has 3 aromatic rings. The fraction of sp³-hybridized carbons (Fsp3) is 0.304. The monoisotopic (exact) mass is 349 g/mol. The van der Waals surface area contributed by atoms with Gasteiger partial charge in [-0.1, -0.05) is 54.6 Å². The van der Waals surface area contributed by atoms with E-state index in [0.717, 1.165) is 11.3 Å². The van der Waals surface area contributed by atoms with Crippen LogP contribution in [0.3, 0.4) is 0 Å². The number of aryl methyl sites for hydroxylation is 1. The summed E-state index contributed by atoms with van der Waals surface area (Å²) in [6.07, 6.45) is 0. The summed E-state index contributed by atoms with van der Waals surface area (Å²) in [7, 11) is 0.